The molecule has 1 saturated heterocycles. The summed E-state index contributed by atoms with van der Waals surface area (Å²) >= 11 is 0. The fourth-order valence-electron chi connectivity index (χ4n) is 4.03. The van der Waals surface area contributed by atoms with E-state index in [9.17, 15) is 4.79 Å². The van der Waals surface area contributed by atoms with Crippen LogP contribution in [0.2, 0.25) is 0 Å². The number of H-pyrrole nitrogens is 1. The molecule has 4 aromatic rings. The lowest BCUT2D eigenvalue weighted by molar-refractivity contribution is 0.141. The molecule has 1 aliphatic heterocycles. The number of anilines is 1. The van der Waals surface area contributed by atoms with E-state index in [1.165, 1.54) is 0 Å². The summed E-state index contributed by atoms with van der Waals surface area (Å²) in [6.07, 6.45) is 5.60. The van der Waals surface area contributed by atoms with Gasteiger partial charge in [0.25, 0.3) is 5.95 Å². The number of aromatic nitrogens is 5. The second kappa shape index (κ2) is 10.5. The zero-order chi connectivity index (χ0) is 25.8. The molecule has 37 heavy (non-hydrogen) atoms. The first-order valence-corrected chi connectivity index (χ1v) is 11.7. The molecule has 0 saturated carbocycles. The highest BCUT2D eigenvalue weighted by molar-refractivity contribution is 5.95. The summed E-state index contributed by atoms with van der Waals surface area (Å²) in [7, 11) is 0. The lowest BCUT2D eigenvalue weighted by atomic mass is 10.0. The van der Waals surface area contributed by atoms with Gasteiger partial charge in [0.05, 0.1) is 13.2 Å². The van der Waals surface area contributed by atoms with Crippen LogP contribution in [0.15, 0.2) is 72.3 Å². The van der Waals surface area contributed by atoms with Gasteiger partial charge in [0.2, 0.25) is 0 Å². The molecule has 3 heterocycles. The summed E-state index contributed by atoms with van der Waals surface area (Å²) in [5.74, 6) is 1.15. The molecule has 0 bridgehead atoms. The first-order valence-electron chi connectivity index (χ1n) is 11.7. The summed E-state index contributed by atoms with van der Waals surface area (Å²) in [6.45, 7) is 5.12. The molecular weight excluding hydrogens is 472 g/mol. The van der Waals surface area contributed by atoms with Crippen molar-refractivity contribution in [1.29, 1.82) is 5.41 Å². The Kier molecular flexibility index (Phi) is 6.77. The Morgan fingerprint density at radius 1 is 1.27 bits per heavy atom. The molecule has 1 aliphatic rings. The number of ether oxygens (including phenoxy) is 2. The number of nitrogen functional groups attached to an aromatic ring is 1. The molecule has 1 unspecified atom stereocenters. The third-order valence-corrected chi connectivity index (χ3v) is 5.87. The van der Waals surface area contributed by atoms with Crippen molar-refractivity contribution in [2.24, 2.45) is 5.73 Å². The Morgan fingerprint density at radius 3 is 2.73 bits per heavy atom. The largest absolute Gasteiger partial charge is 0.488 e. The van der Waals surface area contributed by atoms with Crippen LogP contribution in [0.5, 0.6) is 5.75 Å². The molecular formula is C26H26N8O3. The van der Waals surface area contributed by atoms with E-state index in [-0.39, 0.29) is 17.9 Å². The number of aromatic amines is 1. The fourth-order valence-corrected chi connectivity index (χ4v) is 4.03. The van der Waals surface area contributed by atoms with E-state index in [0.29, 0.717) is 30.4 Å². The molecule has 2 aromatic heterocycles. The molecule has 1 fully saturated rings. The van der Waals surface area contributed by atoms with E-state index < -0.39 is 11.7 Å². The number of nitrogens with one attached hydrogen (secondary N) is 3. The molecule has 0 aliphatic carbocycles. The highest BCUT2D eigenvalue weighted by Crippen LogP contribution is 2.30. The van der Waals surface area contributed by atoms with Crippen LogP contribution in [0.3, 0.4) is 0 Å². The first kappa shape index (κ1) is 23.9. The Balaban J connectivity index is 1.56. The van der Waals surface area contributed by atoms with Crippen molar-refractivity contribution >= 4 is 17.6 Å². The Morgan fingerprint density at radius 2 is 2.05 bits per heavy atom. The van der Waals surface area contributed by atoms with Gasteiger partial charge in [0, 0.05) is 30.1 Å². The van der Waals surface area contributed by atoms with Crippen molar-refractivity contribution in [2.45, 2.75) is 18.6 Å². The van der Waals surface area contributed by atoms with Gasteiger partial charge < -0.3 is 20.5 Å². The van der Waals surface area contributed by atoms with Crippen LogP contribution in [0, 0.1) is 5.41 Å². The minimum absolute atomic E-state index is 0.0228. The van der Waals surface area contributed by atoms with Crippen LogP contribution in [0.25, 0.3) is 12.0 Å². The molecule has 0 radical (unpaired) electrons. The van der Waals surface area contributed by atoms with Crippen molar-refractivity contribution in [3.8, 4) is 11.7 Å². The Labute approximate surface area is 212 Å². The van der Waals surface area contributed by atoms with Gasteiger partial charge in [-0.2, -0.15) is 0 Å². The third kappa shape index (κ3) is 5.41. The maximum absolute atomic E-state index is 12.8. The summed E-state index contributed by atoms with van der Waals surface area (Å²) in [4.78, 5) is 23.9. The number of benzene rings is 2. The maximum atomic E-state index is 12.8. The fraction of sp³-hybridized carbons (Fsp3) is 0.192. The lowest BCUT2D eigenvalue weighted by Gasteiger charge is -2.21. The molecule has 11 nitrogen and oxygen atoms in total. The van der Waals surface area contributed by atoms with E-state index in [4.69, 9.17) is 20.6 Å². The second-order valence-electron chi connectivity index (χ2n) is 8.49. The van der Waals surface area contributed by atoms with Crippen LogP contribution >= 0.6 is 0 Å². The first-order chi connectivity index (χ1) is 18.0. The van der Waals surface area contributed by atoms with Gasteiger partial charge in [-0.3, -0.25) is 10.4 Å². The molecule has 188 valence electrons. The average Bonchev–Trinajstić information content (AvgIpc) is 3.57. The van der Waals surface area contributed by atoms with Gasteiger partial charge in [-0.05, 0) is 59.7 Å². The van der Waals surface area contributed by atoms with Crippen molar-refractivity contribution in [2.75, 3.05) is 18.5 Å². The van der Waals surface area contributed by atoms with E-state index >= 15 is 0 Å². The molecule has 2 aromatic carbocycles. The number of hydrogen-bond donors (Lipinski definition) is 4. The Hall–Kier alpha value is -4.77. The monoisotopic (exact) mass is 498 g/mol. The third-order valence-electron chi connectivity index (χ3n) is 5.87. The van der Waals surface area contributed by atoms with Crippen LogP contribution in [0.1, 0.15) is 35.0 Å². The predicted molar refractivity (Wildman–Crippen MR) is 139 cm³/mol. The normalized spacial score (nSPS) is 15.7. The van der Waals surface area contributed by atoms with Crippen LogP contribution in [0.4, 0.5) is 5.69 Å². The van der Waals surface area contributed by atoms with Gasteiger partial charge in [0.1, 0.15) is 23.7 Å². The smallest absolute Gasteiger partial charge is 0.350 e. The molecule has 0 spiro atoms. The van der Waals surface area contributed by atoms with Crippen molar-refractivity contribution < 1.29 is 9.47 Å². The Bertz CT molecular complexity index is 1460. The maximum Gasteiger partial charge on any atom is 0.350 e. The summed E-state index contributed by atoms with van der Waals surface area (Å²) < 4.78 is 12.7. The lowest BCUT2D eigenvalue weighted by Crippen LogP contribution is -2.18. The molecule has 2 atom stereocenters. The van der Waals surface area contributed by atoms with Crippen LogP contribution < -0.4 is 21.5 Å². The van der Waals surface area contributed by atoms with E-state index in [2.05, 4.69) is 31.9 Å². The zero-order valence-corrected chi connectivity index (χ0v) is 19.9. The predicted octanol–water partition coefficient (Wildman–Crippen LogP) is 2.65. The zero-order valence-electron chi connectivity index (χ0n) is 19.9. The van der Waals surface area contributed by atoms with Gasteiger partial charge >= 0.3 is 5.69 Å². The van der Waals surface area contributed by atoms with Crippen molar-refractivity contribution in [3.05, 3.63) is 101 Å². The van der Waals surface area contributed by atoms with Gasteiger partial charge in [0.15, 0.2) is 5.82 Å². The van der Waals surface area contributed by atoms with Gasteiger partial charge in [-0.25, -0.2) is 14.8 Å². The van der Waals surface area contributed by atoms with Gasteiger partial charge in [-0.15, -0.1) is 9.78 Å². The van der Waals surface area contributed by atoms with Crippen molar-refractivity contribution in [3.63, 3.8) is 0 Å². The van der Waals surface area contributed by atoms with Crippen molar-refractivity contribution in [1.82, 2.24) is 24.7 Å². The highest BCUT2D eigenvalue weighted by Gasteiger charge is 2.23. The summed E-state index contributed by atoms with van der Waals surface area (Å²) in [5, 5.41) is 15.6. The summed E-state index contributed by atoms with van der Waals surface area (Å²) in [5.41, 5.74) is 8.10. The number of hydrogen-bond acceptors (Lipinski definition) is 8. The van der Waals surface area contributed by atoms with E-state index in [0.717, 1.165) is 27.9 Å². The SMILES string of the molecule is C=Cc1cc(O[C@H]2CCOC2)cc(C(Nc2ccc(C(=N)N)cc2)c2nn(-c3ncccn3)c(=O)[nH]2)c1. The van der Waals surface area contributed by atoms with E-state index in [1.807, 2.05) is 30.3 Å². The minimum Gasteiger partial charge on any atom is -0.488 e. The molecule has 0 amide bonds. The van der Waals surface area contributed by atoms with Crippen LogP contribution in [-0.2, 0) is 4.74 Å². The summed E-state index contributed by atoms with van der Waals surface area (Å²) in [6, 6.07) is 14.0. The molecule has 11 heteroatoms. The van der Waals surface area contributed by atoms with Crippen LogP contribution in [-0.4, -0.2) is 49.9 Å². The number of amidine groups is 1. The standard InChI is InChI=1S/C26H26N8O3/c1-2-16-12-18(14-21(13-16)37-20-8-11-36-15-20)22(31-19-6-4-17(5-7-19)23(27)28)24-32-26(35)34(33-24)25-29-9-3-10-30-25/h2-7,9-10,12-14,20,22,31H,1,8,11,15H2,(H3,27,28)(H,32,33,35)/t20-,22?/m0/s1. The molecule has 5 N–H and O–H groups in total. The quantitative estimate of drug-likeness (QED) is 0.203. The minimum atomic E-state index is -0.581. The second-order valence-corrected chi connectivity index (χ2v) is 8.49. The average molecular weight is 499 g/mol. The number of nitrogens with zero attached hydrogens (tertiary/aromatic N) is 4. The number of nitrogens with two attached hydrogens (primary N) is 1. The number of rotatable bonds is 9. The van der Waals surface area contributed by atoms with Gasteiger partial charge in [-0.1, -0.05) is 12.7 Å². The van der Waals surface area contributed by atoms with E-state index in [1.54, 1.807) is 36.7 Å². The topological polar surface area (TPSA) is 157 Å². The molecule has 5 rings (SSSR count). The highest BCUT2D eigenvalue weighted by atomic mass is 16.5.